The number of fused-ring (bicyclic) bond motifs is 1. The summed E-state index contributed by atoms with van der Waals surface area (Å²) in [5, 5.41) is 26.0. The zero-order valence-corrected chi connectivity index (χ0v) is 17.6. The van der Waals surface area contributed by atoms with Gasteiger partial charge in [0, 0.05) is 4.88 Å². The van der Waals surface area contributed by atoms with Crippen LogP contribution in [-0.4, -0.2) is 51.9 Å². The summed E-state index contributed by atoms with van der Waals surface area (Å²) in [6.45, 7) is -0.461. The molecule has 2 amide bonds. The average molecular weight is 392 g/mol. The molecule has 0 radical (unpaired) electrons. The Kier molecular flexibility index (Phi) is 7.08. The summed E-state index contributed by atoms with van der Waals surface area (Å²) >= 11 is 2.66. The predicted octanol–water partition coefficient (Wildman–Crippen LogP) is -4.31. The van der Waals surface area contributed by atoms with Crippen LogP contribution in [0, 0.1) is 0 Å². The van der Waals surface area contributed by atoms with E-state index in [1.165, 1.54) is 28.5 Å². The van der Waals surface area contributed by atoms with Gasteiger partial charge in [0.25, 0.3) is 0 Å². The SMILES string of the molecule is O=C(Cc1cccs1)N[C@@H]1C(=O)N2[C@@H](C(=O)[O-])C(CO)=CS[C@H]12.[K+]. The zero-order chi connectivity index (χ0) is 16.6. The number of carboxylic acid groups (broad SMARTS) is 1. The minimum atomic E-state index is -1.44. The molecule has 0 unspecified atom stereocenters. The van der Waals surface area contributed by atoms with Gasteiger partial charge in [-0.15, -0.1) is 23.1 Å². The second-order valence-corrected chi connectivity index (χ2v) is 7.17. The molecule has 10 heteroatoms. The van der Waals surface area contributed by atoms with Gasteiger partial charge in [-0.05, 0) is 22.4 Å². The van der Waals surface area contributed by atoms with Crippen molar-refractivity contribution in [1.82, 2.24) is 10.2 Å². The first-order chi connectivity index (χ1) is 11.0. The van der Waals surface area contributed by atoms with Gasteiger partial charge in [0.15, 0.2) is 0 Å². The number of nitrogens with zero attached hydrogens (tertiary/aromatic N) is 1. The van der Waals surface area contributed by atoms with Gasteiger partial charge < -0.3 is 25.2 Å². The summed E-state index contributed by atoms with van der Waals surface area (Å²) < 4.78 is 0. The number of β-lactam (4-membered cyclic amide) rings is 1. The summed E-state index contributed by atoms with van der Waals surface area (Å²) in [6.07, 6.45) is 0.181. The Labute approximate surface area is 188 Å². The number of carbonyl (C=O) groups excluding carboxylic acids is 3. The number of thioether (sulfide) groups is 1. The van der Waals surface area contributed by atoms with Gasteiger partial charge in [-0.25, -0.2) is 0 Å². The smallest absolute Gasteiger partial charge is 0.548 e. The normalized spacial score (nSPS) is 25.0. The van der Waals surface area contributed by atoms with E-state index in [0.29, 0.717) is 0 Å². The zero-order valence-electron chi connectivity index (χ0n) is 12.8. The van der Waals surface area contributed by atoms with E-state index in [-0.39, 0.29) is 69.3 Å². The first-order valence-electron chi connectivity index (χ1n) is 6.83. The molecule has 2 aliphatic heterocycles. The third-order valence-electron chi connectivity index (χ3n) is 3.71. The van der Waals surface area contributed by atoms with Crippen molar-refractivity contribution in [2.24, 2.45) is 0 Å². The van der Waals surface area contributed by atoms with Gasteiger partial charge in [0.1, 0.15) is 11.4 Å². The van der Waals surface area contributed by atoms with Gasteiger partial charge in [-0.1, -0.05) is 6.07 Å². The Balaban J connectivity index is 0.00000208. The van der Waals surface area contributed by atoms with Crippen molar-refractivity contribution in [3.63, 3.8) is 0 Å². The van der Waals surface area contributed by atoms with E-state index in [2.05, 4.69) is 5.32 Å². The van der Waals surface area contributed by atoms with Crippen molar-refractivity contribution in [3.05, 3.63) is 33.4 Å². The number of aliphatic hydroxyl groups excluding tert-OH is 1. The number of thiophene rings is 1. The van der Waals surface area contributed by atoms with E-state index < -0.39 is 35.9 Å². The number of hydrogen-bond acceptors (Lipinski definition) is 7. The van der Waals surface area contributed by atoms with Crippen LogP contribution in [0.25, 0.3) is 0 Å². The van der Waals surface area contributed by atoms with Crippen molar-refractivity contribution < 1.29 is 76.0 Å². The predicted molar refractivity (Wildman–Crippen MR) is 82.1 cm³/mol. The minimum absolute atomic E-state index is 0. The van der Waals surface area contributed by atoms with Crippen molar-refractivity contribution in [2.75, 3.05) is 6.61 Å². The Morgan fingerprint density at radius 1 is 1.42 bits per heavy atom. The Morgan fingerprint density at radius 2 is 2.17 bits per heavy atom. The molecule has 1 aromatic rings. The van der Waals surface area contributed by atoms with Crippen LogP contribution in [0.4, 0.5) is 0 Å². The molecule has 0 aliphatic carbocycles. The van der Waals surface area contributed by atoms with Gasteiger partial charge in [-0.3, -0.25) is 9.59 Å². The van der Waals surface area contributed by atoms with Gasteiger partial charge >= 0.3 is 51.4 Å². The Morgan fingerprint density at radius 3 is 2.75 bits per heavy atom. The number of amides is 2. The molecule has 0 aromatic carbocycles. The summed E-state index contributed by atoms with van der Waals surface area (Å²) in [5.74, 6) is -2.20. The van der Waals surface area contributed by atoms with E-state index in [9.17, 15) is 24.6 Å². The molecule has 3 heterocycles. The minimum Gasteiger partial charge on any atom is -0.548 e. The fourth-order valence-corrected chi connectivity index (χ4v) is 4.54. The first-order valence-corrected chi connectivity index (χ1v) is 8.65. The number of carboxylic acids is 1. The second kappa shape index (κ2) is 8.45. The van der Waals surface area contributed by atoms with Crippen molar-refractivity contribution in [2.45, 2.75) is 23.9 Å². The summed E-state index contributed by atoms with van der Waals surface area (Å²) in [7, 11) is 0. The van der Waals surface area contributed by atoms with Crippen LogP contribution in [0.1, 0.15) is 4.88 Å². The third-order valence-corrected chi connectivity index (χ3v) is 5.80. The van der Waals surface area contributed by atoms with Crippen LogP contribution in [0.15, 0.2) is 28.5 Å². The quantitative estimate of drug-likeness (QED) is 0.388. The first kappa shape index (κ1) is 20.1. The molecule has 1 aromatic heterocycles. The van der Waals surface area contributed by atoms with Crippen LogP contribution in [0.3, 0.4) is 0 Å². The van der Waals surface area contributed by atoms with Crippen molar-refractivity contribution >= 4 is 40.9 Å². The van der Waals surface area contributed by atoms with Crippen molar-refractivity contribution in [1.29, 1.82) is 0 Å². The van der Waals surface area contributed by atoms with E-state index >= 15 is 0 Å². The van der Waals surface area contributed by atoms with E-state index in [0.717, 1.165) is 9.78 Å². The number of aliphatic carboxylic acids is 1. The Bertz CT molecular complexity index is 679. The second-order valence-electron chi connectivity index (χ2n) is 5.15. The topological polar surface area (TPSA) is 110 Å². The molecule has 0 bridgehead atoms. The third kappa shape index (κ3) is 3.80. The summed E-state index contributed by atoms with van der Waals surface area (Å²) in [5.41, 5.74) is 0.211. The fourth-order valence-electron chi connectivity index (χ4n) is 2.62. The van der Waals surface area contributed by atoms with Gasteiger partial charge in [0.2, 0.25) is 11.8 Å². The molecule has 2 aliphatic rings. The molecule has 3 rings (SSSR count). The van der Waals surface area contributed by atoms with Crippen LogP contribution in [0.2, 0.25) is 0 Å². The van der Waals surface area contributed by atoms with Gasteiger partial charge in [0.05, 0.1) is 25.0 Å². The maximum atomic E-state index is 12.2. The average Bonchev–Trinajstić information content (AvgIpc) is 3.03. The molecule has 2 N–H and O–H groups in total. The molecule has 1 saturated heterocycles. The summed E-state index contributed by atoms with van der Waals surface area (Å²) in [6, 6.07) is 1.64. The number of nitrogens with one attached hydrogen (secondary N) is 1. The van der Waals surface area contributed by atoms with Crippen LogP contribution >= 0.6 is 23.1 Å². The molecule has 0 spiro atoms. The number of rotatable bonds is 5. The molecule has 1 fully saturated rings. The number of aliphatic hydroxyl groups is 1. The maximum Gasteiger partial charge on any atom is 1.00 e. The van der Waals surface area contributed by atoms with Gasteiger partial charge in [-0.2, -0.15) is 0 Å². The van der Waals surface area contributed by atoms with E-state index in [1.54, 1.807) is 0 Å². The molecule has 24 heavy (non-hydrogen) atoms. The fraction of sp³-hybridized carbons (Fsp3) is 0.357. The van der Waals surface area contributed by atoms with E-state index in [4.69, 9.17) is 0 Å². The molecule has 122 valence electrons. The number of hydrogen-bond donors (Lipinski definition) is 2. The molecule has 3 atom stereocenters. The molecular formula is C14H13KN2O5S2. The molecule has 7 nitrogen and oxygen atoms in total. The molecular weight excluding hydrogens is 379 g/mol. The van der Waals surface area contributed by atoms with Crippen LogP contribution in [-0.2, 0) is 20.8 Å². The van der Waals surface area contributed by atoms with E-state index in [1.807, 2.05) is 17.5 Å². The molecule has 0 saturated carbocycles. The Hall–Kier alpha value is -0.204. The largest absolute Gasteiger partial charge is 1.00 e. The monoisotopic (exact) mass is 392 g/mol. The van der Waals surface area contributed by atoms with Crippen molar-refractivity contribution in [3.8, 4) is 0 Å². The summed E-state index contributed by atoms with van der Waals surface area (Å²) in [4.78, 5) is 37.5. The number of carbonyl (C=O) groups is 3. The standard InChI is InChI=1S/C14H14N2O5S2.K/c17-5-7-6-23-13-10(12(19)16(13)11(7)14(20)21)15-9(18)4-8-2-1-3-22-8;/h1-3,6,10-11,13,17H,4-5H2,(H,15,18)(H,20,21);/q;+1/p-1/t10-,11-,13-;/m1./s1. The maximum absolute atomic E-state index is 12.2. The van der Waals surface area contributed by atoms with Crippen LogP contribution < -0.4 is 61.8 Å². The van der Waals surface area contributed by atoms with Crippen LogP contribution in [0.5, 0.6) is 0 Å².